The zero-order valence-corrected chi connectivity index (χ0v) is 15.1. The predicted octanol–water partition coefficient (Wildman–Crippen LogP) is 4.55. The van der Waals surface area contributed by atoms with E-state index in [0.29, 0.717) is 11.5 Å². The quantitative estimate of drug-likeness (QED) is 0.505. The van der Waals surface area contributed by atoms with Gasteiger partial charge in [0.15, 0.2) is 11.5 Å². The highest BCUT2D eigenvalue weighted by molar-refractivity contribution is 5.71. The minimum Gasteiger partial charge on any atom is -0.493 e. The number of ether oxygens (including phenoxy) is 2. The van der Waals surface area contributed by atoms with Crippen LogP contribution in [-0.2, 0) is 0 Å². The van der Waals surface area contributed by atoms with Crippen LogP contribution in [0.1, 0.15) is 11.1 Å². The molecular weight excluding hydrogens is 348 g/mol. The van der Waals surface area contributed by atoms with Gasteiger partial charge in [-0.3, -0.25) is 10.1 Å². The van der Waals surface area contributed by atoms with E-state index in [4.69, 9.17) is 9.47 Å². The maximum atomic E-state index is 11.7. The van der Waals surface area contributed by atoms with E-state index in [1.165, 1.54) is 13.4 Å². The molecule has 1 aromatic heterocycles. The van der Waals surface area contributed by atoms with E-state index in [2.05, 4.69) is 15.3 Å². The van der Waals surface area contributed by atoms with Crippen molar-refractivity contribution in [1.29, 1.82) is 0 Å². The second-order valence-electron chi connectivity index (χ2n) is 5.76. The van der Waals surface area contributed by atoms with E-state index in [0.717, 1.165) is 16.8 Å². The molecule has 3 rings (SSSR count). The zero-order chi connectivity index (χ0) is 19.4. The van der Waals surface area contributed by atoms with Crippen LogP contribution in [-0.4, -0.2) is 22.0 Å². The van der Waals surface area contributed by atoms with Gasteiger partial charge in [0.2, 0.25) is 5.82 Å². The molecule has 27 heavy (non-hydrogen) atoms. The van der Waals surface area contributed by atoms with Crippen LogP contribution >= 0.6 is 0 Å². The third kappa shape index (κ3) is 3.79. The van der Waals surface area contributed by atoms with Gasteiger partial charge < -0.3 is 14.8 Å². The molecule has 0 saturated heterocycles. The van der Waals surface area contributed by atoms with Crippen molar-refractivity contribution in [2.24, 2.45) is 0 Å². The van der Waals surface area contributed by atoms with Gasteiger partial charge >= 0.3 is 11.6 Å². The molecule has 0 fully saturated rings. The van der Waals surface area contributed by atoms with E-state index < -0.39 is 4.92 Å². The molecule has 0 spiro atoms. The summed E-state index contributed by atoms with van der Waals surface area (Å²) < 4.78 is 10.9. The van der Waals surface area contributed by atoms with Gasteiger partial charge in [-0.25, -0.2) is 4.98 Å². The summed E-state index contributed by atoms with van der Waals surface area (Å²) in [6.07, 6.45) is 1.21. The molecule has 2 aromatic carbocycles. The Morgan fingerprint density at radius 3 is 2.48 bits per heavy atom. The van der Waals surface area contributed by atoms with Crippen molar-refractivity contribution in [2.45, 2.75) is 13.8 Å². The second kappa shape index (κ2) is 7.69. The Bertz CT molecular complexity index is 991. The molecule has 0 radical (unpaired) electrons. The topological polar surface area (TPSA) is 99.4 Å². The summed E-state index contributed by atoms with van der Waals surface area (Å²) in [4.78, 5) is 19.1. The first kappa shape index (κ1) is 18.1. The largest absolute Gasteiger partial charge is 0.493 e. The third-order valence-electron chi connectivity index (χ3n) is 4.10. The van der Waals surface area contributed by atoms with E-state index in [-0.39, 0.29) is 17.4 Å². The molecule has 1 heterocycles. The Morgan fingerprint density at radius 2 is 1.78 bits per heavy atom. The number of aryl methyl sites for hydroxylation is 1. The van der Waals surface area contributed by atoms with Gasteiger partial charge in [-0.05, 0) is 43.2 Å². The molecular formula is C19H18N4O4. The van der Waals surface area contributed by atoms with Gasteiger partial charge in [-0.2, -0.15) is 4.98 Å². The summed E-state index contributed by atoms with van der Waals surface area (Å²) in [6.45, 7) is 3.89. The highest BCUT2D eigenvalue weighted by Gasteiger charge is 2.26. The first-order valence-corrected chi connectivity index (χ1v) is 8.14. The normalized spacial score (nSPS) is 10.3. The number of anilines is 2. The summed E-state index contributed by atoms with van der Waals surface area (Å²) in [5, 5.41) is 14.7. The van der Waals surface area contributed by atoms with Crippen LogP contribution in [0.2, 0.25) is 0 Å². The van der Waals surface area contributed by atoms with E-state index in [1.54, 1.807) is 24.3 Å². The fraction of sp³-hybridized carbons (Fsp3) is 0.158. The molecule has 0 aliphatic heterocycles. The fourth-order valence-corrected chi connectivity index (χ4v) is 2.51. The lowest BCUT2D eigenvalue weighted by atomic mass is 10.1. The summed E-state index contributed by atoms with van der Waals surface area (Å²) in [6, 6.07) is 12.5. The lowest BCUT2D eigenvalue weighted by molar-refractivity contribution is -0.385. The summed E-state index contributed by atoms with van der Waals surface area (Å²) in [5.74, 6) is 0.634. The van der Waals surface area contributed by atoms with E-state index in [1.807, 2.05) is 32.0 Å². The average Bonchev–Trinajstić information content (AvgIpc) is 2.66. The fourth-order valence-electron chi connectivity index (χ4n) is 2.51. The number of methoxy groups -OCH3 is 1. The maximum Gasteiger partial charge on any atom is 0.373 e. The second-order valence-corrected chi connectivity index (χ2v) is 5.76. The smallest absolute Gasteiger partial charge is 0.373 e. The van der Waals surface area contributed by atoms with Crippen LogP contribution in [0.15, 0.2) is 48.8 Å². The van der Waals surface area contributed by atoms with Crippen molar-refractivity contribution in [3.05, 3.63) is 70.0 Å². The number of para-hydroxylation sites is 2. The van der Waals surface area contributed by atoms with Crippen molar-refractivity contribution >= 4 is 17.2 Å². The van der Waals surface area contributed by atoms with E-state index in [9.17, 15) is 10.1 Å². The first-order valence-electron chi connectivity index (χ1n) is 8.14. The maximum absolute atomic E-state index is 11.7. The monoisotopic (exact) mass is 366 g/mol. The summed E-state index contributed by atoms with van der Waals surface area (Å²) >= 11 is 0. The Labute approximate surface area is 156 Å². The highest BCUT2D eigenvalue weighted by atomic mass is 16.6. The molecule has 0 aliphatic carbocycles. The molecule has 0 bridgehead atoms. The lowest BCUT2D eigenvalue weighted by Crippen LogP contribution is -2.05. The zero-order valence-electron chi connectivity index (χ0n) is 15.1. The molecule has 8 heteroatoms. The van der Waals surface area contributed by atoms with Crippen LogP contribution in [0.4, 0.5) is 17.2 Å². The van der Waals surface area contributed by atoms with Crippen LogP contribution < -0.4 is 14.8 Å². The number of nitro groups is 1. The van der Waals surface area contributed by atoms with Crippen molar-refractivity contribution in [2.75, 3.05) is 12.4 Å². The number of nitrogens with one attached hydrogen (secondary N) is 1. The van der Waals surface area contributed by atoms with Crippen LogP contribution in [0.5, 0.6) is 17.4 Å². The number of rotatable bonds is 6. The van der Waals surface area contributed by atoms with Gasteiger partial charge in [-0.15, -0.1) is 0 Å². The number of nitrogens with zero attached hydrogens (tertiary/aromatic N) is 3. The first-order chi connectivity index (χ1) is 13.0. The molecule has 0 aliphatic rings. The minimum atomic E-state index is -0.571. The van der Waals surface area contributed by atoms with Gasteiger partial charge in [0, 0.05) is 5.69 Å². The molecule has 138 valence electrons. The van der Waals surface area contributed by atoms with Crippen molar-refractivity contribution in [3.63, 3.8) is 0 Å². The molecule has 1 N–H and O–H groups in total. The number of hydrogen-bond acceptors (Lipinski definition) is 7. The Hall–Kier alpha value is -3.68. The van der Waals surface area contributed by atoms with Gasteiger partial charge in [0.05, 0.1) is 12.0 Å². The number of aromatic nitrogens is 2. The molecule has 0 amide bonds. The standard InChI is InChI=1S/C19H18N4O4/c1-12-7-6-8-14(13(12)2)22-18-17(23(24)25)19(21-11-20-18)27-16-10-5-4-9-15(16)26-3/h4-11H,1-3H3,(H,20,21,22). The summed E-state index contributed by atoms with van der Waals surface area (Å²) in [7, 11) is 1.49. The Balaban J connectivity index is 2.03. The molecule has 0 unspecified atom stereocenters. The Morgan fingerprint density at radius 1 is 1.04 bits per heavy atom. The molecule has 0 atom stereocenters. The average molecular weight is 366 g/mol. The van der Waals surface area contributed by atoms with E-state index >= 15 is 0 Å². The number of benzene rings is 2. The van der Waals surface area contributed by atoms with Gasteiger partial charge in [0.25, 0.3) is 0 Å². The van der Waals surface area contributed by atoms with Crippen molar-refractivity contribution in [1.82, 2.24) is 9.97 Å². The van der Waals surface area contributed by atoms with Crippen molar-refractivity contribution < 1.29 is 14.4 Å². The third-order valence-corrected chi connectivity index (χ3v) is 4.10. The van der Waals surface area contributed by atoms with Gasteiger partial charge in [0.1, 0.15) is 6.33 Å². The lowest BCUT2D eigenvalue weighted by Gasteiger charge is -2.13. The SMILES string of the molecule is COc1ccccc1Oc1ncnc(Nc2cccc(C)c2C)c1[N+](=O)[O-]. The molecule has 8 nitrogen and oxygen atoms in total. The molecule has 0 saturated carbocycles. The number of hydrogen-bond donors (Lipinski definition) is 1. The minimum absolute atomic E-state index is 0.0496. The van der Waals surface area contributed by atoms with Crippen LogP contribution in [0, 0.1) is 24.0 Å². The van der Waals surface area contributed by atoms with Crippen LogP contribution in [0.25, 0.3) is 0 Å². The van der Waals surface area contributed by atoms with Crippen LogP contribution in [0.3, 0.4) is 0 Å². The van der Waals surface area contributed by atoms with Crippen molar-refractivity contribution in [3.8, 4) is 17.4 Å². The Kier molecular flexibility index (Phi) is 5.16. The highest BCUT2D eigenvalue weighted by Crippen LogP contribution is 2.38. The molecule has 3 aromatic rings. The predicted molar refractivity (Wildman–Crippen MR) is 101 cm³/mol. The van der Waals surface area contributed by atoms with Gasteiger partial charge in [-0.1, -0.05) is 24.3 Å². The summed E-state index contributed by atoms with van der Waals surface area (Å²) in [5.41, 5.74) is 2.39.